The second-order valence-corrected chi connectivity index (χ2v) is 21.9. The molecule has 4 aromatic rings. The zero-order valence-electron chi connectivity index (χ0n) is 40.8. The monoisotopic (exact) mass is 1030 g/mol. The maximum Gasteiger partial charge on any atom is 0.410 e. The van der Waals surface area contributed by atoms with Gasteiger partial charge in [0.05, 0.1) is 61.3 Å². The number of anilines is 2. The van der Waals surface area contributed by atoms with Crippen LogP contribution in [-0.2, 0) is 60.4 Å². The Morgan fingerprint density at radius 3 is 1.34 bits per heavy atom. The lowest BCUT2D eigenvalue weighted by Gasteiger charge is -2.35. The number of carbonyl (C=O) groups is 3. The van der Waals surface area contributed by atoms with Gasteiger partial charge in [0.2, 0.25) is 20.0 Å². The third kappa shape index (κ3) is 16.1. The topological polar surface area (TPSA) is 175 Å². The van der Waals surface area contributed by atoms with Gasteiger partial charge in [0.25, 0.3) is 0 Å². The van der Waals surface area contributed by atoms with E-state index < -0.39 is 49.2 Å². The lowest BCUT2D eigenvalue weighted by Crippen LogP contribution is -2.49. The summed E-state index contributed by atoms with van der Waals surface area (Å²) in [7, 11) is -4.93. The molecule has 70 heavy (non-hydrogen) atoms. The van der Waals surface area contributed by atoms with Gasteiger partial charge in [-0.1, -0.05) is 36.4 Å². The van der Waals surface area contributed by atoms with Crippen molar-refractivity contribution in [3.8, 4) is 0 Å². The Morgan fingerprint density at radius 1 is 0.614 bits per heavy atom. The van der Waals surface area contributed by atoms with Crippen LogP contribution in [0.5, 0.6) is 0 Å². The van der Waals surface area contributed by atoms with E-state index in [-0.39, 0.29) is 65.3 Å². The van der Waals surface area contributed by atoms with E-state index in [1.165, 1.54) is 54.0 Å². The predicted octanol–water partition coefficient (Wildman–Crippen LogP) is 6.82. The summed E-state index contributed by atoms with van der Waals surface area (Å²) in [4.78, 5) is 41.8. The molecule has 0 bridgehead atoms. The summed E-state index contributed by atoms with van der Waals surface area (Å²) in [6.45, 7) is 16.1. The van der Waals surface area contributed by atoms with Crippen LogP contribution in [-0.4, -0.2) is 133 Å². The number of ether oxygens (including phenoxy) is 3. The number of esters is 2. The Morgan fingerprint density at radius 2 is 1.00 bits per heavy atom. The van der Waals surface area contributed by atoms with Crippen LogP contribution in [0.2, 0.25) is 0 Å². The predicted molar refractivity (Wildman–Crippen MR) is 268 cm³/mol. The van der Waals surface area contributed by atoms with Crippen LogP contribution in [0.4, 0.5) is 25.0 Å². The highest BCUT2D eigenvalue weighted by atomic mass is 35.5. The van der Waals surface area contributed by atoms with Crippen LogP contribution in [0.3, 0.4) is 0 Å². The fourth-order valence-corrected chi connectivity index (χ4v) is 9.68. The van der Waals surface area contributed by atoms with Crippen molar-refractivity contribution >= 4 is 61.9 Å². The maximum atomic E-state index is 14.7. The third-order valence-electron chi connectivity index (χ3n) is 11.5. The van der Waals surface area contributed by atoms with E-state index >= 15 is 0 Å². The number of piperazine rings is 2. The summed E-state index contributed by atoms with van der Waals surface area (Å²) < 4.78 is 97.7. The maximum absolute atomic E-state index is 14.7. The molecule has 0 aliphatic carbocycles. The molecule has 2 fully saturated rings. The molecule has 16 nitrogen and oxygen atoms in total. The van der Waals surface area contributed by atoms with Crippen LogP contribution in [0.1, 0.15) is 77.6 Å². The molecule has 2 aliphatic rings. The second kappa shape index (κ2) is 25.7. The standard InChI is InChI=1S/C27H36FN3O6S.C22H28FN3O4S.ClH/c1-6-38(34,35)31(19-22-10-9-21(17-24(22)28)25(32)36-5)23-11-7-20(8-12-23)18-29-13-15-30(16-14-29)26(33)37-27(2,3)4;1-3-31(28,29)26(16-19-7-6-18(14-21(19)23)22(27)30-2)20-8-4-17(5-9-20)15-25-12-10-24-11-13-25;/h7-12,17H,6,13-16,18-19H2,1-5H3;4-9,14,24H,3,10-13,15-16H2,1-2H3;1H. The molecule has 6 rings (SSSR count). The first-order valence-electron chi connectivity index (χ1n) is 22.7. The molecule has 4 aromatic carbocycles. The third-order valence-corrected chi connectivity index (χ3v) is 15.0. The van der Waals surface area contributed by atoms with E-state index in [4.69, 9.17) is 4.74 Å². The molecular formula is C49H65ClF2N6O10S2. The Labute approximate surface area is 417 Å². The van der Waals surface area contributed by atoms with E-state index in [1.807, 2.05) is 45.0 Å². The van der Waals surface area contributed by atoms with Gasteiger partial charge in [0, 0.05) is 76.6 Å². The minimum absolute atomic E-state index is 0. The van der Waals surface area contributed by atoms with Gasteiger partial charge in [-0.25, -0.2) is 40.0 Å². The molecule has 2 saturated heterocycles. The van der Waals surface area contributed by atoms with Gasteiger partial charge in [-0.15, -0.1) is 12.4 Å². The molecule has 0 atom stereocenters. The number of halogens is 3. The number of hydrogen-bond donors (Lipinski definition) is 1. The van der Waals surface area contributed by atoms with E-state index in [0.717, 1.165) is 56.0 Å². The summed E-state index contributed by atoms with van der Waals surface area (Å²) in [5.41, 5.74) is 2.88. The van der Waals surface area contributed by atoms with E-state index in [9.17, 15) is 40.0 Å². The van der Waals surface area contributed by atoms with Crippen LogP contribution in [0.15, 0.2) is 84.9 Å². The average molecular weight is 1040 g/mol. The number of amides is 1. The van der Waals surface area contributed by atoms with E-state index in [2.05, 4.69) is 24.6 Å². The van der Waals surface area contributed by atoms with Crippen molar-refractivity contribution in [2.75, 3.05) is 86.7 Å². The van der Waals surface area contributed by atoms with Crippen molar-refractivity contribution in [3.63, 3.8) is 0 Å². The van der Waals surface area contributed by atoms with Crippen molar-refractivity contribution in [1.82, 2.24) is 20.0 Å². The minimum Gasteiger partial charge on any atom is -0.465 e. The van der Waals surface area contributed by atoms with Crippen LogP contribution < -0.4 is 13.9 Å². The minimum atomic E-state index is -3.71. The van der Waals surface area contributed by atoms with Crippen molar-refractivity contribution in [1.29, 1.82) is 0 Å². The first-order valence-corrected chi connectivity index (χ1v) is 25.9. The van der Waals surface area contributed by atoms with Crippen molar-refractivity contribution in [2.45, 2.75) is 66.4 Å². The average Bonchev–Trinajstić information content (AvgIpc) is 3.33. The molecule has 2 aliphatic heterocycles. The summed E-state index contributed by atoms with van der Waals surface area (Å²) >= 11 is 0. The molecule has 0 aromatic heterocycles. The van der Waals surface area contributed by atoms with Gasteiger partial charge in [-0.2, -0.15) is 0 Å². The number of nitrogens with one attached hydrogen (secondary N) is 1. The van der Waals surface area contributed by atoms with Gasteiger partial charge >= 0.3 is 18.0 Å². The first kappa shape index (κ1) is 57.2. The summed E-state index contributed by atoms with van der Waals surface area (Å²) in [5, 5.41) is 3.32. The van der Waals surface area contributed by atoms with E-state index in [0.29, 0.717) is 44.1 Å². The lowest BCUT2D eigenvalue weighted by atomic mass is 10.1. The number of nitrogens with zero attached hydrogens (tertiary/aromatic N) is 5. The molecule has 1 N–H and O–H groups in total. The van der Waals surface area contributed by atoms with Gasteiger partial charge in [-0.3, -0.25) is 18.4 Å². The van der Waals surface area contributed by atoms with Crippen LogP contribution in [0, 0.1) is 11.6 Å². The summed E-state index contributed by atoms with van der Waals surface area (Å²) in [6.07, 6.45) is -0.310. The molecule has 1 amide bonds. The van der Waals surface area contributed by atoms with Crippen molar-refractivity contribution in [3.05, 3.63) is 130 Å². The number of benzene rings is 4. The molecule has 0 saturated carbocycles. The molecule has 0 radical (unpaired) electrons. The Kier molecular flexibility index (Phi) is 21.0. The number of sulfonamides is 2. The highest BCUT2D eigenvalue weighted by molar-refractivity contribution is 7.93. The van der Waals surface area contributed by atoms with Crippen LogP contribution in [0.25, 0.3) is 0 Å². The van der Waals surface area contributed by atoms with Gasteiger partial charge in [-0.05, 0) is 94.3 Å². The fraction of sp³-hybridized carbons (Fsp3) is 0.449. The molecule has 0 unspecified atom stereocenters. The molecule has 384 valence electrons. The number of carbonyl (C=O) groups excluding carboxylic acids is 3. The molecule has 0 spiro atoms. The summed E-state index contributed by atoms with van der Waals surface area (Å²) in [6, 6.07) is 22.2. The summed E-state index contributed by atoms with van der Waals surface area (Å²) in [5.74, 6) is -2.93. The highest BCUT2D eigenvalue weighted by Crippen LogP contribution is 2.27. The van der Waals surface area contributed by atoms with Crippen molar-refractivity contribution < 1.29 is 54.2 Å². The van der Waals surface area contributed by atoms with Gasteiger partial charge in [0.15, 0.2) is 0 Å². The SMILES string of the molecule is CCS(=O)(=O)N(Cc1ccc(C(=O)OC)cc1F)c1ccc(CN2CCN(C(=O)OC(C)(C)C)CC2)cc1.CCS(=O)(=O)N(Cc1ccc(C(=O)OC)cc1F)c1ccc(CN2CCNCC2)cc1.Cl. The Balaban J connectivity index is 0.000000306. The smallest absolute Gasteiger partial charge is 0.410 e. The molecule has 21 heteroatoms. The lowest BCUT2D eigenvalue weighted by molar-refractivity contribution is 0.0138. The molecular weight excluding hydrogens is 970 g/mol. The Bertz CT molecular complexity index is 2610. The quantitative estimate of drug-likeness (QED) is 0.0916. The Hall–Kier alpha value is -5.38. The second-order valence-electron chi connectivity index (χ2n) is 17.5. The van der Waals surface area contributed by atoms with Gasteiger partial charge in [0.1, 0.15) is 17.2 Å². The van der Waals surface area contributed by atoms with Crippen molar-refractivity contribution in [2.24, 2.45) is 0 Å². The highest BCUT2D eigenvalue weighted by Gasteiger charge is 2.28. The van der Waals surface area contributed by atoms with Crippen LogP contribution >= 0.6 is 12.4 Å². The largest absolute Gasteiger partial charge is 0.465 e. The number of rotatable bonds is 16. The first-order chi connectivity index (χ1) is 32.7. The number of methoxy groups -OCH3 is 2. The zero-order valence-corrected chi connectivity index (χ0v) is 43.2. The van der Waals surface area contributed by atoms with E-state index in [1.54, 1.807) is 36.1 Å². The zero-order chi connectivity index (χ0) is 50.5. The van der Waals surface area contributed by atoms with Gasteiger partial charge < -0.3 is 24.4 Å². The fourth-order valence-electron chi connectivity index (χ4n) is 7.50. The number of hydrogen-bond acceptors (Lipinski definition) is 13. The normalized spacial score (nSPS) is 14.6. The molecule has 2 heterocycles.